The molecule has 0 saturated heterocycles. The number of carboxylic acid groups (broad SMARTS) is 1. The van der Waals surface area contributed by atoms with Gasteiger partial charge in [0.15, 0.2) is 17.3 Å². The minimum absolute atomic E-state index is 0.104. The average molecular weight is 662 g/mol. The molecule has 234 valence electrons. The summed E-state index contributed by atoms with van der Waals surface area (Å²) in [5, 5.41) is 24.2. The van der Waals surface area contributed by atoms with Crippen LogP contribution in [0.1, 0.15) is 23.2 Å². The molecule has 4 aromatic heterocycles. The fraction of sp³-hybridized carbons (Fsp3) is 0.0909. The fourth-order valence-electron chi connectivity index (χ4n) is 5.14. The molecule has 7 rings (SSSR count). The van der Waals surface area contributed by atoms with E-state index in [1.807, 2.05) is 66.7 Å². The maximum atomic E-state index is 13.5. The second-order valence-electron chi connectivity index (χ2n) is 10.4. The van der Waals surface area contributed by atoms with E-state index in [9.17, 15) is 14.7 Å². The summed E-state index contributed by atoms with van der Waals surface area (Å²) in [7, 11) is 1.76. The number of aliphatic carboxylic acids is 1. The van der Waals surface area contributed by atoms with Gasteiger partial charge in [-0.2, -0.15) is 10.2 Å². The Morgan fingerprint density at radius 3 is 1.60 bits per heavy atom. The summed E-state index contributed by atoms with van der Waals surface area (Å²) < 4.78 is 4.09. The number of fused-ring (bicyclic) bond motifs is 2. The number of amides is 1. The number of likely N-dealkylation sites (N-methyl/N-ethyl adjacent to an activating group) is 1. The smallest absolute Gasteiger partial charge is 0.331 e. The van der Waals surface area contributed by atoms with Crippen molar-refractivity contribution in [1.82, 2.24) is 39.5 Å². The number of carboxylic acids is 1. The first kappa shape index (κ1) is 31.1. The second kappa shape index (κ2) is 13.6. The molecule has 0 aliphatic heterocycles. The number of para-hydroxylation sites is 1. The number of carbonyl (C=O) groups excluding carboxylic acids is 1. The van der Waals surface area contributed by atoms with Gasteiger partial charge in [0.05, 0.1) is 35.8 Å². The third-order valence-corrected chi connectivity index (χ3v) is 8.38. The van der Waals surface area contributed by atoms with E-state index in [0.717, 1.165) is 11.3 Å². The molecule has 0 radical (unpaired) electrons. The van der Waals surface area contributed by atoms with E-state index in [2.05, 4.69) is 30.4 Å². The molecule has 0 bridgehead atoms. The van der Waals surface area contributed by atoms with Gasteiger partial charge in [0.2, 0.25) is 0 Å². The van der Waals surface area contributed by atoms with E-state index in [4.69, 9.17) is 24.4 Å². The SMILES string of the molecule is CN(C(=O)C(c1ccccc1)n1cnc2[nH]ncc2c1=S)c1ccccc1.O=C(O)C(c1ccccc1)n1cnc2[nH]ncc2c1=S. The molecule has 12 nitrogen and oxygen atoms in total. The molecule has 2 atom stereocenters. The van der Waals surface area contributed by atoms with Crippen molar-refractivity contribution < 1.29 is 14.7 Å². The van der Waals surface area contributed by atoms with Gasteiger partial charge in [-0.1, -0.05) is 103 Å². The summed E-state index contributed by atoms with van der Waals surface area (Å²) in [6.45, 7) is 0. The number of benzene rings is 3. The molecule has 0 spiro atoms. The molecule has 0 aliphatic carbocycles. The van der Waals surface area contributed by atoms with Gasteiger partial charge < -0.3 is 19.1 Å². The zero-order valence-corrected chi connectivity index (χ0v) is 26.5. The summed E-state index contributed by atoms with van der Waals surface area (Å²) in [5.41, 5.74) is 3.44. The Bertz CT molecular complexity index is 2290. The molecule has 7 aromatic rings. The first-order chi connectivity index (χ1) is 22.8. The highest BCUT2D eigenvalue weighted by molar-refractivity contribution is 7.71. The molecule has 3 aromatic carbocycles. The third kappa shape index (κ3) is 6.32. The van der Waals surface area contributed by atoms with Crippen LogP contribution in [-0.2, 0) is 9.59 Å². The first-order valence-corrected chi connectivity index (χ1v) is 15.1. The van der Waals surface area contributed by atoms with Gasteiger partial charge >= 0.3 is 5.97 Å². The second-order valence-corrected chi connectivity index (χ2v) is 11.1. The normalized spacial score (nSPS) is 12.2. The predicted molar refractivity (Wildman–Crippen MR) is 182 cm³/mol. The van der Waals surface area contributed by atoms with Crippen molar-refractivity contribution in [1.29, 1.82) is 0 Å². The molecule has 0 fully saturated rings. The lowest BCUT2D eigenvalue weighted by atomic mass is 10.0. The van der Waals surface area contributed by atoms with Crippen molar-refractivity contribution in [3.63, 3.8) is 0 Å². The van der Waals surface area contributed by atoms with Crippen LogP contribution in [0.3, 0.4) is 0 Å². The van der Waals surface area contributed by atoms with Crippen molar-refractivity contribution in [2.45, 2.75) is 12.1 Å². The van der Waals surface area contributed by atoms with Crippen LogP contribution in [0.5, 0.6) is 0 Å². The standard InChI is InChI=1S/C20H17N5OS.C13H10N4O2S/c1-24(15-10-6-3-7-11-15)19(26)17(14-8-4-2-5-9-14)25-13-21-18-16(20(25)27)12-22-23-18;18-13(19)10(8-4-2-1-3-5-8)17-7-14-11-9(12(17)20)6-15-16-11/h2-13,17H,1H3,(H,22,23);1-7,10H,(H,15,16)(H,18,19). The molecule has 47 heavy (non-hydrogen) atoms. The van der Waals surface area contributed by atoms with Gasteiger partial charge in [-0.3, -0.25) is 15.0 Å². The third-order valence-electron chi connectivity index (χ3n) is 7.52. The van der Waals surface area contributed by atoms with E-state index in [1.54, 1.807) is 59.5 Å². The fourth-order valence-corrected chi connectivity index (χ4v) is 5.74. The van der Waals surface area contributed by atoms with Gasteiger partial charge in [0.25, 0.3) is 5.91 Å². The summed E-state index contributed by atoms with van der Waals surface area (Å²) in [5.74, 6) is -1.09. The van der Waals surface area contributed by atoms with Crippen LogP contribution in [0.2, 0.25) is 0 Å². The number of anilines is 1. The lowest BCUT2D eigenvalue weighted by molar-refractivity contribution is -0.139. The number of aromatic amines is 2. The van der Waals surface area contributed by atoms with Gasteiger partial charge in [-0.15, -0.1) is 0 Å². The zero-order valence-electron chi connectivity index (χ0n) is 24.8. The zero-order chi connectivity index (χ0) is 32.9. The van der Waals surface area contributed by atoms with Crippen LogP contribution in [0, 0.1) is 9.28 Å². The number of carbonyl (C=O) groups is 2. The highest BCUT2D eigenvalue weighted by atomic mass is 32.1. The van der Waals surface area contributed by atoms with Crippen LogP contribution in [-0.4, -0.2) is 63.5 Å². The maximum absolute atomic E-state index is 13.5. The molecule has 0 aliphatic rings. The lowest BCUT2D eigenvalue weighted by Gasteiger charge is -2.26. The number of hydrogen-bond acceptors (Lipinski definition) is 8. The molecule has 0 saturated carbocycles. The van der Waals surface area contributed by atoms with E-state index in [0.29, 0.717) is 36.9 Å². The number of hydrogen-bond donors (Lipinski definition) is 3. The van der Waals surface area contributed by atoms with Crippen molar-refractivity contribution in [2.24, 2.45) is 0 Å². The monoisotopic (exact) mass is 661 g/mol. The van der Waals surface area contributed by atoms with E-state index in [-0.39, 0.29) is 5.91 Å². The van der Waals surface area contributed by atoms with Crippen LogP contribution in [0.4, 0.5) is 5.69 Å². The topological polar surface area (TPSA) is 151 Å². The largest absolute Gasteiger partial charge is 0.479 e. The van der Waals surface area contributed by atoms with Crippen molar-refractivity contribution in [2.75, 3.05) is 11.9 Å². The quantitative estimate of drug-likeness (QED) is 0.177. The Labute approximate surface area is 278 Å². The van der Waals surface area contributed by atoms with Crippen LogP contribution in [0.25, 0.3) is 22.1 Å². The molecule has 2 unspecified atom stereocenters. The van der Waals surface area contributed by atoms with Gasteiger partial charge in [0, 0.05) is 12.7 Å². The van der Waals surface area contributed by atoms with E-state index < -0.39 is 18.1 Å². The summed E-state index contributed by atoms with van der Waals surface area (Å²) >= 11 is 11.0. The Morgan fingerprint density at radius 1 is 0.702 bits per heavy atom. The lowest BCUT2D eigenvalue weighted by Crippen LogP contribution is -2.35. The Hall–Kier alpha value is -5.86. The summed E-state index contributed by atoms with van der Waals surface area (Å²) in [4.78, 5) is 35.2. The molecular formula is C33H27N9O3S2. The molecule has 4 heterocycles. The Kier molecular flexibility index (Phi) is 9.04. The number of H-pyrrole nitrogens is 2. The Morgan fingerprint density at radius 2 is 1.13 bits per heavy atom. The number of rotatable bonds is 7. The number of nitrogens with one attached hydrogen (secondary N) is 2. The maximum Gasteiger partial charge on any atom is 0.331 e. The van der Waals surface area contributed by atoms with Crippen LogP contribution >= 0.6 is 24.4 Å². The first-order valence-electron chi connectivity index (χ1n) is 14.3. The predicted octanol–water partition coefficient (Wildman–Crippen LogP) is 5.90. The molecule has 1 amide bonds. The minimum atomic E-state index is -0.989. The van der Waals surface area contributed by atoms with Gasteiger partial charge in [-0.05, 0) is 23.3 Å². The van der Waals surface area contributed by atoms with E-state index in [1.165, 1.54) is 10.9 Å². The highest BCUT2D eigenvalue weighted by Gasteiger charge is 2.27. The number of aromatic nitrogens is 8. The molecule has 14 heteroatoms. The van der Waals surface area contributed by atoms with E-state index >= 15 is 0 Å². The molecule has 3 N–H and O–H groups in total. The highest BCUT2D eigenvalue weighted by Crippen LogP contribution is 2.26. The molecular weight excluding hydrogens is 635 g/mol. The minimum Gasteiger partial charge on any atom is -0.479 e. The van der Waals surface area contributed by atoms with Gasteiger partial charge in [0.1, 0.15) is 15.3 Å². The summed E-state index contributed by atoms with van der Waals surface area (Å²) in [6.07, 6.45) is 6.20. The average Bonchev–Trinajstić information content (AvgIpc) is 3.79. The van der Waals surface area contributed by atoms with Gasteiger partial charge in [-0.25, -0.2) is 14.8 Å². The van der Waals surface area contributed by atoms with Crippen LogP contribution in [0.15, 0.2) is 116 Å². The van der Waals surface area contributed by atoms with Crippen molar-refractivity contribution >= 4 is 64.1 Å². The van der Waals surface area contributed by atoms with Crippen molar-refractivity contribution in [3.8, 4) is 0 Å². The number of nitrogens with zero attached hydrogens (tertiary/aromatic N) is 7. The summed E-state index contributed by atoms with van der Waals surface area (Å²) in [6, 6.07) is 26.5. The van der Waals surface area contributed by atoms with Crippen molar-refractivity contribution in [3.05, 3.63) is 136 Å². The Balaban J connectivity index is 0.000000172. The van der Waals surface area contributed by atoms with Crippen LogP contribution < -0.4 is 4.90 Å².